The van der Waals surface area contributed by atoms with Gasteiger partial charge in [-0.25, -0.2) is 9.38 Å². The van der Waals surface area contributed by atoms with E-state index in [1.807, 2.05) is 24.3 Å². The van der Waals surface area contributed by atoms with Crippen molar-refractivity contribution in [2.24, 2.45) is 0 Å². The van der Waals surface area contributed by atoms with Gasteiger partial charge in [-0.2, -0.15) is 0 Å². The van der Waals surface area contributed by atoms with Crippen molar-refractivity contribution in [2.75, 3.05) is 0 Å². The lowest BCUT2D eigenvalue weighted by Crippen LogP contribution is -2.22. The molecule has 0 bridgehead atoms. The van der Waals surface area contributed by atoms with Gasteiger partial charge >= 0.3 is 0 Å². The molecule has 5 heteroatoms. The van der Waals surface area contributed by atoms with E-state index in [1.165, 1.54) is 54.8 Å². The second kappa shape index (κ2) is 6.34. The number of imidazole rings is 1. The van der Waals surface area contributed by atoms with Crippen molar-refractivity contribution in [1.82, 2.24) is 14.0 Å². The number of fused-ring (bicyclic) bond motifs is 3. The van der Waals surface area contributed by atoms with E-state index in [0.29, 0.717) is 6.04 Å². The van der Waals surface area contributed by atoms with Gasteiger partial charge in [-0.15, -0.1) is 0 Å². The molecule has 1 aliphatic carbocycles. The van der Waals surface area contributed by atoms with Crippen molar-refractivity contribution < 1.29 is 0 Å². The molecule has 5 rings (SSSR count). The highest BCUT2D eigenvalue weighted by Crippen LogP contribution is 2.32. The standard InChI is InChI=1S/C22H23N3OS/c1-14-12-16(15(2)24(14)17-8-4-3-5-9-17)13-20-21(26)25-19-11-7-6-10-18(19)23-22(25)27-20/h6-7,10-13,17H,3-5,8-9H2,1-2H3. The number of nitrogens with zero attached hydrogens (tertiary/aromatic N) is 3. The van der Waals surface area contributed by atoms with E-state index in [4.69, 9.17) is 0 Å². The fourth-order valence-corrected chi connectivity index (χ4v) is 5.58. The maximum Gasteiger partial charge on any atom is 0.274 e. The molecule has 0 atom stereocenters. The third-order valence-electron chi connectivity index (χ3n) is 5.90. The molecule has 3 aromatic heterocycles. The molecule has 1 fully saturated rings. The summed E-state index contributed by atoms with van der Waals surface area (Å²) in [4.78, 5) is 18.4. The average Bonchev–Trinajstić information content (AvgIpc) is 3.28. The van der Waals surface area contributed by atoms with Gasteiger partial charge in [0.2, 0.25) is 0 Å². The summed E-state index contributed by atoms with van der Waals surface area (Å²) in [6.07, 6.45) is 8.58. The second-order valence-corrected chi connectivity index (χ2v) is 8.63. The third-order valence-corrected chi connectivity index (χ3v) is 6.86. The maximum absolute atomic E-state index is 13.0. The van der Waals surface area contributed by atoms with Gasteiger partial charge in [0.15, 0.2) is 4.96 Å². The van der Waals surface area contributed by atoms with Crippen LogP contribution in [-0.4, -0.2) is 14.0 Å². The van der Waals surface area contributed by atoms with Crippen LogP contribution in [0.4, 0.5) is 0 Å². The Morgan fingerprint density at radius 3 is 2.74 bits per heavy atom. The highest BCUT2D eigenvalue weighted by Gasteiger charge is 2.20. The number of hydrogen-bond acceptors (Lipinski definition) is 3. The quantitative estimate of drug-likeness (QED) is 0.520. The number of thiazole rings is 1. The van der Waals surface area contributed by atoms with E-state index in [1.54, 1.807) is 4.40 Å². The molecule has 0 radical (unpaired) electrons. The van der Waals surface area contributed by atoms with Crippen molar-refractivity contribution >= 4 is 33.4 Å². The zero-order valence-corrected chi connectivity index (χ0v) is 16.6. The van der Waals surface area contributed by atoms with Crippen molar-refractivity contribution in [2.45, 2.75) is 52.0 Å². The maximum atomic E-state index is 13.0. The smallest absolute Gasteiger partial charge is 0.274 e. The summed E-state index contributed by atoms with van der Waals surface area (Å²) >= 11 is 1.48. The Hall–Kier alpha value is -2.40. The van der Waals surface area contributed by atoms with E-state index >= 15 is 0 Å². The Morgan fingerprint density at radius 1 is 1.15 bits per heavy atom. The van der Waals surface area contributed by atoms with Crippen LogP contribution in [0.3, 0.4) is 0 Å². The van der Waals surface area contributed by atoms with E-state index in [0.717, 1.165) is 26.1 Å². The molecule has 0 amide bonds. The van der Waals surface area contributed by atoms with Crippen LogP contribution in [0.5, 0.6) is 0 Å². The Labute approximate surface area is 161 Å². The number of rotatable bonds is 2. The topological polar surface area (TPSA) is 39.3 Å². The largest absolute Gasteiger partial charge is 0.346 e. The van der Waals surface area contributed by atoms with E-state index in [-0.39, 0.29) is 5.56 Å². The van der Waals surface area contributed by atoms with Gasteiger partial charge in [0.05, 0.1) is 15.6 Å². The molecule has 0 saturated heterocycles. The predicted octanol–water partition coefficient (Wildman–Crippen LogP) is 4.38. The van der Waals surface area contributed by atoms with Crippen LogP contribution >= 0.6 is 11.3 Å². The fourth-order valence-electron chi connectivity index (χ4n) is 4.60. The highest BCUT2D eigenvalue weighted by atomic mass is 32.1. The lowest BCUT2D eigenvalue weighted by atomic mass is 9.95. The van der Waals surface area contributed by atoms with E-state index in [2.05, 4.69) is 35.5 Å². The first-order valence-electron chi connectivity index (χ1n) is 9.73. The predicted molar refractivity (Wildman–Crippen MR) is 112 cm³/mol. The molecule has 27 heavy (non-hydrogen) atoms. The Bertz CT molecular complexity index is 1250. The second-order valence-electron chi connectivity index (χ2n) is 7.62. The summed E-state index contributed by atoms with van der Waals surface area (Å²) in [6.45, 7) is 4.37. The molecule has 4 aromatic rings. The van der Waals surface area contributed by atoms with E-state index in [9.17, 15) is 4.79 Å². The third kappa shape index (κ3) is 2.64. The summed E-state index contributed by atoms with van der Waals surface area (Å²) in [5.41, 5.74) is 5.53. The number of aryl methyl sites for hydroxylation is 1. The zero-order chi connectivity index (χ0) is 18.5. The molecular formula is C22H23N3OS. The number of aromatic nitrogens is 3. The van der Waals surface area contributed by atoms with Gasteiger partial charge in [-0.1, -0.05) is 42.7 Å². The molecule has 0 spiro atoms. The number of para-hydroxylation sites is 2. The average molecular weight is 378 g/mol. The minimum absolute atomic E-state index is 0.0335. The number of hydrogen-bond donors (Lipinski definition) is 0. The lowest BCUT2D eigenvalue weighted by molar-refractivity contribution is 0.346. The molecule has 1 aliphatic rings. The molecule has 138 valence electrons. The molecule has 4 nitrogen and oxygen atoms in total. The summed E-state index contributed by atoms with van der Waals surface area (Å²) in [6, 6.07) is 10.7. The summed E-state index contributed by atoms with van der Waals surface area (Å²) in [5, 5.41) is 0. The zero-order valence-electron chi connectivity index (χ0n) is 15.7. The highest BCUT2D eigenvalue weighted by molar-refractivity contribution is 7.15. The first-order valence-corrected chi connectivity index (χ1v) is 10.6. The van der Waals surface area contributed by atoms with Crippen molar-refractivity contribution in [1.29, 1.82) is 0 Å². The summed E-state index contributed by atoms with van der Waals surface area (Å²) < 4.78 is 4.99. The summed E-state index contributed by atoms with van der Waals surface area (Å²) in [7, 11) is 0. The minimum Gasteiger partial charge on any atom is -0.346 e. The van der Waals surface area contributed by atoms with Gasteiger partial charge in [0, 0.05) is 17.4 Å². The van der Waals surface area contributed by atoms with Crippen LogP contribution in [0.2, 0.25) is 0 Å². The van der Waals surface area contributed by atoms with Gasteiger partial charge in [-0.3, -0.25) is 4.79 Å². The van der Waals surface area contributed by atoms with Crippen LogP contribution in [0.25, 0.3) is 22.1 Å². The SMILES string of the molecule is Cc1cc(C=c2sc3nc4ccccc4n3c2=O)c(C)n1C1CCCCC1. The monoisotopic (exact) mass is 377 g/mol. The van der Waals surface area contributed by atoms with Crippen LogP contribution in [0, 0.1) is 13.8 Å². The first-order chi connectivity index (χ1) is 13.1. The van der Waals surface area contributed by atoms with Gasteiger partial charge < -0.3 is 4.57 Å². The normalized spacial score (nSPS) is 16.7. The van der Waals surface area contributed by atoms with Gasteiger partial charge in [0.1, 0.15) is 0 Å². The molecule has 1 aromatic carbocycles. The minimum atomic E-state index is 0.0335. The molecule has 0 unspecified atom stereocenters. The molecule has 3 heterocycles. The Balaban J connectivity index is 1.65. The van der Waals surface area contributed by atoms with Crippen LogP contribution in [0.1, 0.15) is 55.1 Å². The molecule has 0 aliphatic heterocycles. The fraction of sp³-hybridized carbons (Fsp3) is 0.364. The van der Waals surface area contributed by atoms with Gasteiger partial charge in [-0.05, 0) is 56.5 Å². The Kier molecular flexibility index (Phi) is 3.93. The molecule has 0 N–H and O–H groups in total. The van der Waals surface area contributed by atoms with Crippen molar-refractivity contribution in [3.63, 3.8) is 0 Å². The van der Waals surface area contributed by atoms with Crippen molar-refractivity contribution in [3.8, 4) is 0 Å². The van der Waals surface area contributed by atoms with Crippen LogP contribution in [-0.2, 0) is 0 Å². The molecular weight excluding hydrogens is 354 g/mol. The van der Waals surface area contributed by atoms with Crippen LogP contribution in [0.15, 0.2) is 35.1 Å². The van der Waals surface area contributed by atoms with E-state index < -0.39 is 0 Å². The summed E-state index contributed by atoms with van der Waals surface area (Å²) in [5.74, 6) is 0. The number of benzene rings is 1. The Morgan fingerprint density at radius 2 is 1.93 bits per heavy atom. The van der Waals surface area contributed by atoms with Crippen LogP contribution < -0.4 is 10.1 Å². The molecule has 1 saturated carbocycles. The van der Waals surface area contributed by atoms with Gasteiger partial charge in [0.25, 0.3) is 5.56 Å². The van der Waals surface area contributed by atoms with Crippen molar-refractivity contribution in [3.05, 3.63) is 62.2 Å². The first kappa shape index (κ1) is 16.8. The lowest BCUT2D eigenvalue weighted by Gasteiger charge is -2.26.